The largest absolute Gasteiger partial charge is 0.213 e. The third kappa shape index (κ3) is 3.39. The monoisotopic (exact) mass is 475 g/mol. The lowest BCUT2D eigenvalue weighted by Gasteiger charge is -2.49. The van der Waals surface area contributed by atoms with Crippen LogP contribution in [0.5, 0.6) is 0 Å². The number of pyridine rings is 1. The molecule has 0 unspecified atom stereocenters. The summed E-state index contributed by atoms with van der Waals surface area (Å²) >= 11 is 0. The lowest BCUT2D eigenvalue weighted by atomic mass is 9.54. The zero-order valence-electron chi connectivity index (χ0n) is 25.0. The summed E-state index contributed by atoms with van der Waals surface area (Å²) in [6.45, 7) is 4.57. The molecule has 1 nitrogen and oxygen atoms in total. The van der Waals surface area contributed by atoms with E-state index in [9.17, 15) is 0 Å². The van der Waals surface area contributed by atoms with Gasteiger partial charge in [0.15, 0.2) is 6.20 Å². The molecule has 1 saturated carbocycles. The second-order valence-corrected chi connectivity index (χ2v) is 11.5. The fourth-order valence-electron chi connectivity index (χ4n) is 7.10. The van der Waals surface area contributed by atoms with E-state index in [0.29, 0.717) is 5.56 Å². The van der Waals surface area contributed by atoms with Gasteiger partial charge in [0, 0.05) is 32.1 Å². The van der Waals surface area contributed by atoms with Crippen molar-refractivity contribution in [2.24, 2.45) is 7.05 Å². The lowest BCUT2D eigenvalue weighted by Crippen LogP contribution is -2.41. The van der Waals surface area contributed by atoms with Gasteiger partial charge in [-0.25, -0.2) is 4.57 Å². The molecule has 2 aliphatic carbocycles. The predicted molar refractivity (Wildman–Crippen MR) is 150 cm³/mol. The first-order valence-corrected chi connectivity index (χ1v) is 13.4. The zero-order chi connectivity index (χ0) is 27.6. The van der Waals surface area contributed by atoms with E-state index in [-0.39, 0.29) is 10.8 Å². The molecule has 3 aromatic carbocycles. The van der Waals surface area contributed by atoms with E-state index in [0.717, 1.165) is 35.2 Å². The van der Waals surface area contributed by atoms with Gasteiger partial charge in [-0.15, -0.1) is 0 Å². The first-order valence-electron chi connectivity index (χ1n) is 14.9. The molecule has 1 aromatic heterocycles. The van der Waals surface area contributed by atoms with Crippen molar-refractivity contribution in [3.63, 3.8) is 0 Å². The summed E-state index contributed by atoms with van der Waals surface area (Å²) in [5, 5.41) is 0. The highest BCUT2D eigenvalue weighted by molar-refractivity contribution is 5.75. The SMILES string of the molecule is [2H]C([2H])([2H])c1c[n+](C)c(-c2ccccc2C)cc1-c1ccc2c(c1)C1(CCCCC1)c1ccccc1C2(C)C. The van der Waals surface area contributed by atoms with Gasteiger partial charge in [0.1, 0.15) is 7.05 Å². The predicted octanol–water partition coefficient (Wildman–Crippen LogP) is 8.35. The fourth-order valence-corrected chi connectivity index (χ4v) is 7.10. The first-order chi connectivity index (χ1) is 18.5. The van der Waals surface area contributed by atoms with Crippen molar-refractivity contribution in [2.75, 3.05) is 0 Å². The smallest absolute Gasteiger partial charge is 0.201 e. The van der Waals surface area contributed by atoms with Gasteiger partial charge in [-0.1, -0.05) is 87.7 Å². The second-order valence-electron chi connectivity index (χ2n) is 11.5. The Balaban J connectivity index is 1.63. The van der Waals surface area contributed by atoms with Crippen LogP contribution < -0.4 is 4.57 Å². The maximum Gasteiger partial charge on any atom is 0.213 e. The Morgan fingerprint density at radius 1 is 0.722 bits per heavy atom. The van der Waals surface area contributed by atoms with Gasteiger partial charge in [-0.05, 0) is 77.7 Å². The number of nitrogens with zero attached hydrogens (tertiary/aromatic N) is 1. The van der Waals surface area contributed by atoms with Gasteiger partial charge in [-0.3, -0.25) is 0 Å². The van der Waals surface area contributed by atoms with Crippen LogP contribution in [0.2, 0.25) is 0 Å². The Labute approximate surface area is 221 Å². The normalized spacial score (nSPS) is 19.1. The average Bonchev–Trinajstić information content (AvgIpc) is 2.92. The third-order valence-corrected chi connectivity index (χ3v) is 9.04. The van der Waals surface area contributed by atoms with Crippen LogP contribution in [0.1, 0.15) is 83.4 Å². The minimum absolute atomic E-state index is 0.0197. The van der Waals surface area contributed by atoms with E-state index in [2.05, 4.69) is 81.4 Å². The quantitative estimate of drug-likeness (QED) is 0.256. The molecule has 1 spiro atoms. The summed E-state index contributed by atoms with van der Waals surface area (Å²) in [6, 6.07) is 26.3. The number of benzene rings is 3. The average molecular weight is 476 g/mol. The fraction of sp³-hybridized carbons (Fsp3) is 0.343. The summed E-state index contributed by atoms with van der Waals surface area (Å²) in [4.78, 5) is 0. The van der Waals surface area contributed by atoms with Crippen molar-refractivity contribution >= 4 is 0 Å². The molecule has 0 atom stereocenters. The molecule has 0 N–H and O–H groups in total. The standard InChI is InChI=1S/C35H38N/c1-24-13-7-8-14-27(24)33-22-28(25(2)23-36(33)5)26-17-18-30-32(21-26)35(19-11-6-12-20-35)31-16-10-9-15-29(31)34(30,3)4/h7-10,13-18,21-23H,6,11-12,19-20H2,1-5H3/q+1/i2D3. The summed E-state index contributed by atoms with van der Waals surface area (Å²) in [5.41, 5.74) is 11.0. The molecule has 0 bridgehead atoms. The Morgan fingerprint density at radius 2 is 1.42 bits per heavy atom. The minimum Gasteiger partial charge on any atom is -0.201 e. The van der Waals surface area contributed by atoms with Crippen LogP contribution in [0.3, 0.4) is 0 Å². The highest BCUT2D eigenvalue weighted by atomic mass is 14.9. The number of hydrogen-bond donors (Lipinski definition) is 0. The Hall–Kier alpha value is -3.19. The summed E-state index contributed by atoms with van der Waals surface area (Å²) in [5.74, 6) is 0. The molecule has 36 heavy (non-hydrogen) atoms. The summed E-state index contributed by atoms with van der Waals surface area (Å²) in [6.07, 6.45) is 7.82. The number of aromatic nitrogens is 1. The van der Waals surface area contributed by atoms with Crippen LogP contribution in [0, 0.1) is 13.8 Å². The van der Waals surface area contributed by atoms with Crippen LogP contribution in [-0.4, -0.2) is 0 Å². The molecule has 2 aliphatic rings. The van der Waals surface area contributed by atoms with Gasteiger partial charge in [0.2, 0.25) is 5.69 Å². The Kier molecular flexibility index (Phi) is 4.67. The molecule has 1 fully saturated rings. The van der Waals surface area contributed by atoms with Crippen LogP contribution >= 0.6 is 0 Å². The highest BCUT2D eigenvalue weighted by Gasteiger charge is 2.47. The molecule has 1 heterocycles. The topological polar surface area (TPSA) is 3.88 Å². The molecule has 0 saturated heterocycles. The van der Waals surface area contributed by atoms with E-state index in [1.54, 1.807) is 0 Å². The van der Waals surface area contributed by atoms with Gasteiger partial charge >= 0.3 is 0 Å². The summed E-state index contributed by atoms with van der Waals surface area (Å²) in [7, 11) is 1.95. The molecule has 6 rings (SSSR count). The number of aryl methyl sites for hydroxylation is 3. The molecule has 1 heteroatoms. The lowest BCUT2D eigenvalue weighted by molar-refractivity contribution is -0.660. The van der Waals surface area contributed by atoms with Gasteiger partial charge in [-0.2, -0.15) is 0 Å². The maximum atomic E-state index is 8.43. The van der Waals surface area contributed by atoms with E-state index in [1.807, 2.05) is 29.9 Å². The van der Waals surface area contributed by atoms with Crippen LogP contribution in [0.15, 0.2) is 79.0 Å². The number of hydrogen-bond acceptors (Lipinski definition) is 0. The van der Waals surface area contributed by atoms with Gasteiger partial charge in [0.05, 0.1) is 0 Å². The molecule has 0 aliphatic heterocycles. The van der Waals surface area contributed by atoms with E-state index < -0.39 is 6.85 Å². The maximum absolute atomic E-state index is 8.43. The molecule has 4 aromatic rings. The number of rotatable bonds is 2. The van der Waals surface area contributed by atoms with Crippen molar-refractivity contribution in [2.45, 2.75) is 70.6 Å². The van der Waals surface area contributed by atoms with E-state index >= 15 is 0 Å². The van der Waals surface area contributed by atoms with Crippen molar-refractivity contribution in [3.05, 3.63) is 112 Å². The van der Waals surface area contributed by atoms with Crippen LogP contribution in [-0.2, 0) is 17.9 Å². The second kappa shape index (κ2) is 8.44. The Bertz CT molecular complexity index is 1570. The van der Waals surface area contributed by atoms with Crippen LogP contribution in [0.4, 0.5) is 0 Å². The van der Waals surface area contributed by atoms with E-state index in [4.69, 9.17) is 4.11 Å². The molecular formula is C35H38N+. The zero-order valence-corrected chi connectivity index (χ0v) is 22.0. The van der Waals surface area contributed by atoms with E-state index in [1.165, 1.54) is 47.1 Å². The van der Waals surface area contributed by atoms with Crippen LogP contribution in [0.25, 0.3) is 22.4 Å². The third-order valence-electron chi connectivity index (χ3n) is 9.04. The molecule has 0 radical (unpaired) electrons. The highest BCUT2D eigenvalue weighted by Crippen LogP contribution is 2.56. The van der Waals surface area contributed by atoms with Crippen molar-refractivity contribution in [1.82, 2.24) is 0 Å². The molecular weight excluding hydrogens is 434 g/mol. The summed E-state index contributed by atoms with van der Waals surface area (Å²) < 4.78 is 27.3. The number of fused-ring (bicyclic) bond motifs is 4. The minimum atomic E-state index is -2.22. The molecule has 182 valence electrons. The first kappa shape index (κ1) is 19.9. The molecule has 0 amide bonds. The van der Waals surface area contributed by atoms with Crippen molar-refractivity contribution in [3.8, 4) is 22.4 Å². The van der Waals surface area contributed by atoms with Crippen molar-refractivity contribution in [1.29, 1.82) is 0 Å². The Morgan fingerprint density at radius 3 is 2.17 bits per heavy atom. The van der Waals surface area contributed by atoms with Gasteiger partial charge < -0.3 is 0 Å². The van der Waals surface area contributed by atoms with Crippen molar-refractivity contribution < 1.29 is 8.68 Å². The van der Waals surface area contributed by atoms with Gasteiger partial charge in [0.25, 0.3) is 0 Å².